The first-order valence-corrected chi connectivity index (χ1v) is 11.8. The van der Waals surface area contributed by atoms with Crippen molar-refractivity contribution in [1.29, 1.82) is 0 Å². The van der Waals surface area contributed by atoms with Crippen LogP contribution in [0.5, 0.6) is 0 Å². The van der Waals surface area contributed by atoms with Gasteiger partial charge in [-0.1, -0.05) is 36.4 Å². The van der Waals surface area contributed by atoms with Crippen LogP contribution in [0, 0.1) is 5.82 Å². The monoisotopic (exact) mass is 489 g/mol. The molecule has 8 heteroatoms. The molecule has 0 radical (unpaired) electrons. The number of carbonyl (C=O) groups is 3. The number of hydrogen-bond donors (Lipinski definition) is 1. The summed E-state index contributed by atoms with van der Waals surface area (Å²) >= 11 is 0. The Bertz CT molecular complexity index is 1390. The first-order valence-electron chi connectivity index (χ1n) is 11.8. The lowest BCUT2D eigenvalue weighted by atomic mass is 9.82. The van der Waals surface area contributed by atoms with Crippen LogP contribution in [0.2, 0.25) is 0 Å². The van der Waals surface area contributed by atoms with E-state index in [1.54, 1.807) is 55.1 Å². The Morgan fingerprint density at radius 2 is 1.89 bits per heavy atom. The van der Waals surface area contributed by atoms with Crippen molar-refractivity contribution in [1.82, 2.24) is 15.2 Å². The number of pyridine rings is 1. The number of benzene rings is 2. The van der Waals surface area contributed by atoms with E-state index in [1.165, 1.54) is 19.3 Å². The molecule has 186 valence electrons. The van der Waals surface area contributed by atoms with E-state index in [9.17, 15) is 14.4 Å². The minimum atomic E-state index is -1.14. The molecule has 0 unspecified atom stereocenters. The fraction of sp³-hybridized carbons (Fsp3) is 0.286. The zero-order chi connectivity index (χ0) is 25.7. The van der Waals surface area contributed by atoms with Crippen LogP contribution < -0.4 is 5.32 Å². The van der Waals surface area contributed by atoms with E-state index in [2.05, 4.69) is 10.3 Å². The quantitative estimate of drug-likeness (QED) is 0.558. The largest absolute Gasteiger partial charge is 0.449 e. The number of aromatic nitrogens is 1. The maximum absolute atomic E-state index is 15.4. The summed E-state index contributed by atoms with van der Waals surface area (Å²) in [6.45, 7) is 4.05. The molecule has 1 aromatic heterocycles. The van der Waals surface area contributed by atoms with Gasteiger partial charge in [-0.3, -0.25) is 14.6 Å². The van der Waals surface area contributed by atoms with Crippen molar-refractivity contribution in [2.24, 2.45) is 0 Å². The van der Waals surface area contributed by atoms with E-state index in [-0.39, 0.29) is 37.0 Å². The number of nitrogens with zero attached hydrogens (tertiary/aromatic N) is 2. The average molecular weight is 490 g/mol. The molecule has 0 aliphatic carbocycles. The maximum atomic E-state index is 15.4. The van der Waals surface area contributed by atoms with E-state index in [0.29, 0.717) is 29.7 Å². The summed E-state index contributed by atoms with van der Waals surface area (Å²) in [5, 5.41) is 2.51. The fourth-order valence-corrected chi connectivity index (χ4v) is 5.14. The molecule has 1 atom stereocenters. The Morgan fingerprint density at radius 3 is 2.58 bits per heavy atom. The van der Waals surface area contributed by atoms with Gasteiger partial charge in [0.2, 0.25) is 5.91 Å². The van der Waals surface area contributed by atoms with E-state index in [0.717, 1.165) is 5.56 Å². The van der Waals surface area contributed by atoms with Gasteiger partial charge in [-0.2, -0.15) is 0 Å². The molecule has 7 nitrogen and oxygen atoms in total. The number of likely N-dealkylation sites (tertiary alicyclic amines) is 1. The number of amides is 2. The van der Waals surface area contributed by atoms with Gasteiger partial charge >= 0.3 is 5.97 Å². The predicted molar refractivity (Wildman–Crippen MR) is 133 cm³/mol. The van der Waals surface area contributed by atoms with Gasteiger partial charge in [-0.05, 0) is 37.6 Å². The summed E-state index contributed by atoms with van der Waals surface area (Å²) in [6, 6.07) is 15.3. The van der Waals surface area contributed by atoms with Crippen LogP contribution in [-0.2, 0) is 20.5 Å². The van der Waals surface area contributed by atoms with Crippen molar-refractivity contribution in [3.8, 4) is 11.1 Å². The Balaban J connectivity index is 0.00000320. The third-order valence-electron chi connectivity index (χ3n) is 7.18. The van der Waals surface area contributed by atoms with Crippen molar-refractivity contribution >= 4 is 17.8 Å². The van der Waals surface area contributed by atoms with E-state index in [1.807, 2.05) is 12.1 Å². The van der Waals surface area contributed by atoms with Gasteiger partial charge in [-0.15, -0.1) is 0 Å². The van der Waals surface area contributed by atoms with Gasteiger partial charge in [0, 0.05) is 44.3 Å². The number of ether oxygens (including phenoxy) is 1. The average Bonchev–Trinajstić information content (AvgIpc) is 3.43. The number of nitrogens with one attached hydrogen (secondary N) is 1. The molecule has 2 aromatic carbocycles. The molecule has 5 rings (SSSR count). The number of esters is 1. The molecule has 2 amide bonds. The second-order valence-corrected chi connectivity index (χ2v) is 9.74. The predicted octanol–water partition coefficient (Wildman–Crippen LogP) is 4.07. The lowest BCUT2D eigenvalue weighted by Gasteiger charge is -2.31. The molecule has 1 fully saturated rings. The second-order valence-electron chi connectivity index (χ2n) is 9.74. The SMILES string of the molecule is CNC(=O)c1ccc(-c2ccc(C(C)(C)C(=O)N3CC[C@@]4(C3)OC(=O)c3ccccc34)c(F)c2)cn1.[HH]. The van der Waals surface area contributed by atoms with Crippen molar-refractivity contribution in [3.05, 3.63) is 89.0 Å². The summed E-state index contributed by atoms with van der Waals surface area (Å²) in [4.78, 5) is 43.5. The topological polar surface area (TPSA) is 88.6 Å². The van der Waals surface area contributed by atoms with Gasteiger partial charge in [0.1, 0.15) is 11.5 Å². The Hall–Kier alpha value is -4.07. The third kappa shape index (κ3) is 3.73. The third-order valence-corrected chi connectivity index (χ3v) is 7.18. The van der Waals surface area contributed by atoms with Gasteiger partial charge in [0.25, 0.3) is 5.91 Å². The first kappa shape index (κ1) is 23.7. The summed E-state index contributed by atoms with van der Waals surface area (Å²) < 4.78 is 21.1. The highest BCUT2D eigenvalue weighted by atomic mass is 19.1. The van der Waals surface area contributed by atoms with Gasteiger partial charge in [0.15, 0.2) is 5.60 Å². The van der Waals surface area contributed by atoms with Crippen LogP contribution in [0.4, 0.5) is 4.39 Å². The smallest absolute Gasteiger partial charge is 0.339 e. The van der Waals surface area contributed by atoms with Crippen LogP contribution in [0.1, 0.15) is 53.7 Å². The molecule has 1 spiro atoms. The van der Waals surface area contributed by atoms with Crippen molar-refractivity contribution in [3.63, 3.8) is 0 Å². The molecule has 2 aliphatic heterocycles. The summed E-state index contributed by atoms with van der Waals surface area (Å²) in [5.74, 6) is -1.42. The number of carbonyl (C=O) groups excluding carboxylic acids is 3. The summed E-state index contributed by atoms with van der Waals surface area (Å²) in [6.07, 6.45) is 2.01. The highest BCUT2D eigenvalue weighted by molar-refractivity contribution is 5.95. The van der Waals surface area contributed by atoms with Crippen molar-refractivity contribution in [2.45, 2.75) is 31.3 Å². The zero-order valence-corrected chi connectivity index (χ0v) is 20.3. The number of rotatable bonds is 4. The Labute approximate surface area is 209 Å². The lowest BCUT2D eigenvalue weighted by Crippen LogP contribution is -2.44. The van der Waals surface area contributed by atoms with Gasteiger partial charge in [0.05, 0.1) is 17.5 Å². The Morgan fingerprint density at radius 1 is 1.14 bits per heavy atom. The molecular formula is C28H28FN3O4. The van der Waals surface area contributed by atoms with Crippen LogP contribution in [0.25, 0.3) is 11.1 Å². The number of hydrogen-bond acceptors (Lipinski definition) is 5. The van der Waals surface area contributed by atoms with Crippen molar-refractivity contribution in [2.75, 3.05) is 20.1 Å². The van der Waals surface area contributed by atoms with Gasteiger partial charge < -0.3 is 15.0 Å². The first-order chi connectivity index (χ1) is 17.2. The maximum Gasteiger partial charge on any atom is 0.339 e. The number of halogens is 1. The molecule has 3 heterocycles. The van der Waals surface area contributed by atoms with Crippen LogP contribution in [0.3, 0.4) is 0 Å². The minimum absolute atomic E-state index is 0. The van der Waals surface area contributed by atoms with Crippen LogP contribution in [0.15, 0.2) is 60.8 Å². The second kappa shape index (κ2) is 8.55. The molecule has 0 bridgehead atoms. The van der Waals surface area contributed by atoms with Gasteiger partial charge in [-0.25, -0.2) is 9.18 Å². The lowest BCUT2D eigenvalue weighted by molar-refractivity contribution is -0.136. The normalized spacial score (nSPS) is 18.8. The molecular weight excluding hydrogens is 461 g/mol. The highest BCUT2D eigenvalue weighted by Gasteiger charge is 2.52. The summed E-state index contributed by atoms with van der Waals surface area (Å²) in [5.41, 5.74) is 1.12. The van der Waals surface area contributed by atoms with E-state index < -0.39 is 16.8 Å². The molecule has 1 N–H and O–H groups in total. The van der Waals surface area contributed by atoms with Crippen LogP contribution >= 0.6 is 0 Å². The molecule has 36 heavy (non-hydrogen) atoms. The zero-order valence-electron chi connectivity index (χ0n) is 20.3. The van der Waals surface area contributed by atoms with E-state index >= 15 is 4.39 Å². The van der Waals surface area contributed by atoms with Crippen molar-refractivity contribution < 1.29 is 24.9 Å². The minimum Gasteiger partial charge on any atom is -0.449 e. The molecule has 2 aliphatic rings. The standard InChI is InChI=1S/C28H26FN3O4.H2/c1-27(2,21-10-8-17(14-22(21)29)18-9-11-23(31-15-18)24(33)30-3)26(35)32-13-12-28(16-32)20-7-5-4-6-19(20)25(34)36-28;/h4-11,14-15H,12-13,16H2,1-3H3,(H,30,33);1H/t28-;/m0./s1. The van der Waals surface area contributed by atoms with E-state index in [4.69, 9.17) is 4.74 Å². The summed E-state index contributed by atoms with van der Waals surface area (Å²) in [7, 11) is 1.52. The highest BCUT2D eigenvalue weighted by Crippen LogP contribution is 2.44. The Kier molecular flexibility index (Phi) is 5.62. The fourth-order valence-electron chi connectivity index (χ4n) is 5.14. The molecule has 1 saturated heterocycles. The molecule has 3 aromatic rings. The number of fused-ring (bicyclic) bond motifs is 2. The van der Waals surface area contributed by atoms with Crippen LogP contribution in [-0.4, -0.2) is 47.8 Å². The molecule has 0 saturated carbocycles.